The minimum Gasteiger partial charge on any atom is -0.451 e. The maximum absolute atomic E-state index is 12.9. The van der Waals surface area contributed by atoms with Gasteiger partial charge in [-0.25, -0.2) is 4.98 Å². The zero-order chi connectivity index (χ0) is 28.2. The van der Waals surface area contributed by atoms with Crippen molar-refractivity contribution < 1.29 is 14.1 Å². The summed E-state index contributed by atoms with van der Waals surface area (Å²) in [7, 11) is 0. The summed E-state index contributed by atoms with van der Waals surface area (Å²) in [5.41, 5.74) is 1.01. The molecule has 12 heteroatoms. The zero-order valence-corrected chi connectivity index (χ0v) is 21.1. The molecule has 196 valence electrons. The van der Waals surface area contributed by atoms with Gasteiger partial charge in [0.15, 0.2) is 5.76 Å². The molecule has 1 amide bonds. The van der Waals surface area contributed by atoms with Crippen molar-refractivity contribution in [1.29, 1.82) is 5.26 Å². The second kappa shape index (κ2) is 10.9. The van der Waals surface area contributed by atoms with Crippen molar-refractivity contribution in [3.8, 4) is 28.7 Å². The highest BCUT2D eigenvalue weighted by Crippen LogP contribution is 2.28. The molecule has 40 heavy (non-hydrogen) atoms. The van der Waals surface area contributed by atoms with Crippen LogP contribution in [0.15, 0.2) is 94.1 Å². The number of anilines is 3. The van der Waals surface area contributed by atoms with Crippen LogP contribution in [0.2, 0.25) is 5.02 Å². The van der Waals surface area contributed by atoms with E-state index in [-0.39, 0.29) is 34.4 Å². The first-order chi connectivity index (χ1) is 19.3. The fraction of sp³-hybridized carbons (Fsp3) is 0. The minimum absolute atomic E-state index is 0.0200. The summed E-state index contributed by atoms with van der Waals surface area (Å²) < 4.78 is 5.63. The topological polar surface area (TPSA) is 167 Å². The molecule has 0 bridgehead atoms. The highest BCUT2D eigenvalue weighted by molar-refractivity contribution is 6.30. The lowest BCUT2D eigenvalue weighted by Crippen LogP contribution is -2.16. The van der Waals surface area contributed by atoms with Crippen molar-refractivity contribution in [2.75, 3.05) is 10.6 Å². The smallest absolute Gasteiger partial charge is 0.291 e. The van der Waals surface area contributed by atoms with Crippen LogP contribution in [0, 0.1) is 21.4 Å². The largest absolute Gasteiger partial charge is 0.451 e. The molecule has 0 atom stereocenters. The van der Waals surface area contributed by atoms with Crippen molar-refractivity contribution >= 4 is 40.5 Å². The number of carbonyl (C=O) groups is 1. The number of halogens is 1. The molecule has 3 aromatic carbocycles. The van der Waals surface area contributed by atoms with E-state index >= 15 is 0 Å². The summed E-state index contributed by atoms with van der Waals surface area (Å²) in [5.74, 6) is -0.193. The Bertz CT molecular complexity index is 1860. The summed E-state index contributed by atoms with van der Waals surface area (Å²) in [6.45, 7) is 0. The van der Waals surface area contributed by atoms with Gasteiger partial charge in [0.05, 0.1) is 10.6 Å². The van der Waals surface area contributed by atoms with E-state index in [1.807, 2.05) is 6.07 Å². The second-order valence-electron chi connectivity index (χ2n) is 8.39. The van der Waals surface area contributed by atoms with Crippen molar-refractivity contribution in [1.82, 2.24) is 9.97 Å². The number of nitro groups is 1. The van der Waals surface area contributed by atoms with Crippen LogP contribution in [0.1, 0.15) is 16.1 Å². The third kappa shape index (κ3) is 5.57. The van der Waals surface area contributed by atoms with Gasteiger partial charge in [-0.05, 0) is 48.5 Å². The zero-order valence-electron chi connectivity index (χ0n) is 20.3. The molecule has 0 aliphatic heterocycles. The Hall–Kier alpha value is -5.73. The highest BCUT2D eigenvalue weighted by Gasteiger charge is 2.17. The van der Waals surface area contributed by atoms with Gasteiger partial charge < -0.3 is 15.1 Å². The molecule has 0 radical (unpaired) electrons. The van der Waals surface area contributed by atoms with Crippen molar-refractivity contribution in [2.45, 2.75) is 0 Å². The van der Waals surface area contributed by atoms with Gasteiger partial charge in [0, 0.05) is 39.7 Å². The van der Waals surface area contributed by atoms with Crippen LogP contribution in [0.3, 0.4) is 0 Å². The van der Waals surface area contributed by atoms with Crippen LogP contribution >= 0.6 is 11.6 Å². The monoisotopic (exact) mass is 552 g/mol. The van der Waals surface area contributed by atoms with E-state index in [1.165, 1.54) is 24.3 Å². The number of nitriles is 1. The first kappa shape index (κ1) is 25.9. The summed E-state index contributed by atoms with van der Waals surface area (Å²) in [4.78, 5) is 43.0. The van der Waals surface area contributed by atoms with Gasteiger partial charge in [0.2, 0.25) is 5.95 Å². The average molecular weight is 553 g/mol. The number of hydrogen-bond acceptors (Lipinski definition) is 8. The molecule has 0 fully saturated rings. The summed E-state index contributed by atoms with van der Waals surface area (Å²) in [6.07, 6.45) is 0. The number of furan rings is 1. The predicted molar refractivity (Wildman–Crippen MR) is 148 cm³/mol. The number of benzene rings is 3. The Morgan fingerprint density at radius 2 is 1.75 bits per heavy atom. The van der Waals surface area contributed by atoms with E-state index in [9.17, 15) is 25.0 Å². The van der Waals surface area contributed by atoms with Gasteiger partial charge in [-0.1, -0.05) is 35.9 Å². The molecular formula is C28H17ClN6O5. The first-order valence-corrected chi connectivity index (χ1v) is 12.0. The number of nitrogens with zero attached hydrogens (tertiary/aromatic N) is 3. The molecule has 0 saturated carbocycles. The summed E-state index contributed by atoms with van der Waals surface area (Å²) in [5, 5.41) is 26.9. The van der Waals surface area contributed by atoms with Crippen LogP contribution in [-0.4, -0.2) is 20.8 Å². The van der Waals surface area contributed by atoms with Crippen molar-refractivity contribution in [2.24, 2.45) is 0 Å². The fourth-order valence-corrected chi connectivity index (χ4v) is 3.97. The maximum Gasteiger partial charge on any atom is 0.291 e. The quantitative estimate of drug-likeness (QED) is 0.160. The highest BCUT2D eigenvalue weighted by atomic mass is 35.5. The summed E-state index contributed by atoms with van der Waals surface area (Å²) in [6, 6.07) is 24.0. The third-order valence-corrected chi connectivity index (χ3v) is 5.96. The number of rotatable bonds is 7. The van der Waals surface area contributed by atoms with Gasteiger partial charge in [-0.3, -0.25) is 24.7 Å². The van der Waals surface area contributed by atoms with Gasteiger partial charge in [0.25, 0.3) is 17.2 Å². The molecule has 0 saturated heterocycles. The molecule has 2 aromatic heterocycles. The Morgan fingerprint density at radius 3 is 2.50 bits per heavy atom. The Balaban J connectivity index is 1.40. The number of carbonyl (C=O) groups excluding carboxylic acids is 1. The van der Waals surface area contributed by atoms with Crippen LogP contribution in [0.25, 0.3) is 22.6 Å². The molecule has 5 aromatic rings. The molecule has 0 unspecified atom stereocenters. The molecule has 5 rings (SSSR count). The van der Waals surface area contributed by atoms with Crippen molar-refractivity contribution in [3.05, 3.63) is 122 Å². The lowest BCUT2D eigenvalue weighted by atomic mass is 10.1. The van der Waals surface area contributed by atoms with Crippen LogP contribution in [0.5, 0.6) is 0 Å². The van der Waals surface area contributed by atoms with E-state index in [4.69, 9.17) is 16.0 Å². The predicted octanol–water partition coefficient (Wildman–Crippen LogP) is 6.13. The lowest BCUT2D eigenvalue weighted by molar-refractivity contribution is -0.384. The third-order valence-electron chi connectivity index (χ3n) is 5.70. The van der Waals surface area contributed by atoms with Gasteiger partial charge in [-0.2, -0.15) is 5.26 Å². The molecule has 11 nitrogen and oxygen atoms in total. The number of non-ortho nitro benzene ring substituents is 1. The Morgan fingerprint density at radius 1 is 1.00 bits per heavy atom. The standard InChI is InChI=1S/C28H17ClN6O5/c29-18-7-9-19(10-8-18)32-28-33-25(22(15-30)26(36)34-28)17-4-1-5-20(13-17)31-27(37)24-12-11-23(40-24)16-3-2-6-21(14-16)35(38)39/h1-14H,(H,31,37)(H2,32,33,34,36). The van der Waals surface area contributed by atoms with Crippen LogP contribution < -0.4 is 16.2 Å². The Labute approximate surface area is 230 Å². The Kier molecular flexibility index (Phi) is 7.08. The molecule has 0 aliphatic rings. The van der Waals surface area contributed by atoms with E-state index in [2.05, 4.69) is 20.6 Å². The van der Waals surface area contributed by atoms with E-state index in [0.29, 0.717) is 27.5 Å². The molecule has 3 N–H and O–H groups in total. The molecule has 2 heterocycles. The minimum atomic E-state index is -0.636. The number of aromatic amines is 1. The molecule has 0 spiro atoms. The van der Waals surface area contributed by atoms with E-state index in [0.717, 1.165) is 0 Å². The lowest BCUT2D eigenvalue weighted by Gasteiger charge is -2.10. The van der Waals surface area contributed by atoms with Gasteiger partial charge in [-0.15, -0.1) is 0 Å². The summed E-state index contributed by atoms with van der Waals surface area (Å²) >= 11 is 5.92. The SMILES string of the molecule is N#Cc1c(-c2cccc(NC(=O)c3ccc(-c4cccc([N+](=O)[O-])c4)o3)c2)nc(Nc2ccc(Cl)cc2)[nH]c1=O. The van der Waals surface area contributed by atoms with Gasteiger partial charge in [0.1, 0.15) is 17.4 Å². The first-order valence-electron chi connectivity index (χ1n) is 11.6. The number of aromatic nitrogens is 2. The maximum atomic E-state index is 12.9. The molecule has 0 aliphatic carbocycles. The molecular weight excluding hydrogens is 536 g/mol. The number of nitro benzene ring substituents is 1. The number of amides is 1. The average Bonchev–Trinajstić information content (AvgIpc) is 3.45. The van der Waals surface area contributed by atoms with Crippen LogP contribution in [-0.2, 0) is 0 Å². The number of hydrogen-bond donors (Lipinski definition) is 3. The van der Waals surface area contributed by atoms with E-state index in [1.54, 1.807) is 60.7 Å². The number of H-pyrrole nitrogens is 1. The van der Waals surface area contributed by atoms with Crippen LogP contribution in [0.4, 0.5) is 23.0 Å². The fourth-order valence-electron chi connectivity index (χ4n) is 3.84. The van der Waals surface area contributed by atoms with Crippen molar-refractivity contribution in [3.63, 3.8) is 0 Å². The van der Waals surface area contributed by atoms with Gasteiger partial charge >= 0.3 is 0 Å². The second-order valence-corrected chi connectivity index (χ2v) is 8.82. The number of nitrogens with one attached hydrogen (secondary N) is 3. The van der Waals surface area contributed by atoms with E-state index < -0.39 is 16.4 Å². The normalized spacial score (nSPS) is 10.5.